The SMILES string of the molecule is NC(=O)CONc1ccc(-c2cn(C3C[C@@H](n4cc(/C=C/Br)c(=O)[nH]c4=O)O[C@H]3CO)nn2)cc1. The second-order valence-electron chi connectivity index (χ2n) is 7.68. The summed E-state index contributed by atoms with van der Waals surface area (Å²) in [6.07, 6.45) is 3.60. The predicted octanol–water partition coefficient (Wildman–Crippen LogP) is 0.511. The maximum Gasteiger partial charge on any atom is 0.330 e. The van der Waals surface area contributed by atoms with Crippen LogP contribution in [0.3, 0.4) is 0 Å². The van der Waals surface area contributed by atoms with Gasteiger partial charge in [0.2, 0.25) is 5.91 Å². The van der Waals surface area contributed by atoms with Gasteiger partial charge in [-0.2, -0.15) is 0 Å². The molecule has 2 aromatic heterocycles. The van der Waals surface area contributed by atoms with E-state index in [-0.39, 0.29) is 18.8 Å². The van der Waals surface area contributed by atoms with Crippen LogP contribution in [0.25, 0.3) is 17.3 Å². The van der Waals surface area contributed by atoms with E-state index in [0.29, 0.717) is 17.8 Å². The first kappa shape index (κ1) is 24.5. The third kappa shape index (κ3) is 5.57. The number of primary amides is 1. The number of amides is 1. The lowest BCUT2D eigenvalue weighted by Crippen LogP contribution is -2.33. The minimum Gasteiger partial charge on any atom is -0.394 e. The van der Waals surface area contributed by atoms with E-state index in [2.05, 4.69) is 36.7 Å². The molecule has 3 aromatic rings. The van der Waals surface area contributed by atoms with Gasteiger partial charge in [0.15, 0.2) is 6.61 Å². The van der Waals surface area contributed by atoms with Gasteiger partial charge < -0.3 is 15.6 Å². The summed E-state index contributed by atoms with van der Waals surface area (Å²) in [7, 11) is 0. The molecule has 184 valence electrons. The molecule has 5 N–H and O–H groups in total. The summed E-state index contributed by atoms with van der Waals surface area (Å²) in [4.78, 5) is 43.8. The van der Waals surface area contributed by atoms with E-state index in [1.807, 2.05) is 0 Å². The van der Waals surface area contributed by atoms with Crippen LogP contribution in [0, 0.1) is 0 Å². The molecule has 1 amide bonds. The number of H-pyrrole nitrogens is 1. The Morgan fingerprint density at radius 3 is 2.80 bits per heavy atom. The van der Waals surface area contributed by atoms with Gasteiger partial charge in [-0.25, -0.2) is 9.48 Å². The Kier molecular flexibility index (Phi) is 7.55. The highest BCUT2D eigenvalue weighted by Crippen LogP contribution is 2.36. The van der Waals surface area contributed by atoms with Crippen LogP contribution in [-0.2, 0) is 14.4 Å². The Bertz CT molecular complexity index is 1330. The Labute approximate surface area is 206 Å². The van der Waals surface area contributed by atoms with E-state index in [4.69, 9.17) is 15.3 Å². The van der Waals surface area contributed by atoms with Gasteiger partial charge in [-0.15, -0.1) is 5.10 Å². The van der Waals surface area contributed by atoms with Crippen LogP contribution in [-0.4, -0.2) is 54.9 Å². The Hall–Kier alpha value is -3.59. The molecule has 1 aliphatic heterocycles. The van der Waals surface area contributed by atoms with Gasteiger partial charge in [0.1, 0.15) is 18.0 Å². The van der Waals surface area contributed by atoms with Crippen LogP contribution in [0.4, 0.5) is 5.69 Å². The van der Waals surface area contributed by atoms with Gasteiger partial charge in [0, 0.05) is 18.2 Å². The van der Waals surface area contributed by atoms with Crippen LogP contribution in [0.5, 0.6) is 0 Å². The summed E-state index contributed by atoms with van der Waals surface area (Å²) in [5.41, 5.74) is 8.76. The van der Waals surface area contributed by atoms with E-state index in [9.17, 15) is 19.5 Å². The fourth-order valence-corrected chi connectivity index (χ4v) is 3.99. The topological polar surface area (TPSA) is 179 Å². The van der Waals surface area contributed by atoms with Crippen molar-refractivity contribution in [2.45, 2.75) is 24.8 Å². The fourth-order valence-electron chi connectivity index (χ4n) is 3.70. The lowest BCUT2D eigenvalue weighted by Gasteiger charge is -2.15. The van der Waals surface area contributed by atoms with Crippen molar-refractivity contribution >= 4 is 33.6 Å². The van der Waals surface area contributed by atoms with Gasteiger partial charge in [0.05, 0.1) is 30.1 Å². The number of aromatic nitrogens is 5. The average molecular weight is 548 g/mol. The number of aliphatic hydroxyl groups excluding tert-OH is 1. The Morgan fingerprint density at radius 1 is 1.34 bits per heavy atom. The Balaban J connectivity index is 1.51. The molecule has 13 nitrogen and oxygen atoms in total. The normalized spacial score (nSPS) is 19.9. The molecule has 1 aromatic carbocycles. The predicted molar refractivity (Wildman–Crippen MR) is 128 cm³/mol. The molecule has 0 aliphatic carbocycles. The fraction of sp³-hybridized carbons (Fsp3) is 0.286. The maximum atomic E-state index is 12.4. The lowest BCUT2D eigenvalue weighted by atomic mass is 10.1. The van der Waals surface area contributed by atoms with E-state index in [0.717, 1.165) is 5.56 Å². The number of aliphatic hydroxyl groups is 1. The van der Waals surface area contributed by atoms with Crippen molar-refractivity contribution < 1.29 is 19.5 Å². The molecule has 3 heterocycles. The smallest absolute Gasteiger partial charge is 0.330 e. The largest absolute Gasteiger partial charge is 0.394 e. The molecule has 1 aliphatic rings. The van der Waals surface area contributed by atoms with Crippen molar-refractivity contribution in [2.75, 3.05) is 18.7 Å². The number of hydrogen-bond donors (Lipinski definition) is 4. The first-order valence-electron chi connectivity index (χ1n) is 10.5. The summed E-state index contributed by atoms with van der Waals surface area (Å²) in [5, 5.41) is 18.3. The van der Waals surface area contributed by atoms with Crippen LogP contribution in [0.15, 0.2) is 51.2 Å². The summed E-state index contributed by atoms with van der Waals surface area (Å²) in [6.45, 7) is -0.555. The van der Waals surface area contributed by atoms with Crippen LogP contribution >= 0.6 is 15.9 Å². The van der Waals surface area contributed by atoms with Crippen molar-refractivity contribution in [3.8, 4) is 11.3 Å². The van der Waals surface area contributed by atoms with Crippen molar-refractivity contribution in [3.05, 3.63) is 68.0 Å². The van der Waals surface area contributed by atoms with Crippen LogP contribution in [0.1, 0.15) is 24.3 Å². The van der Waals surface area contributed by atoms with Crippen molar-refractivity contribution in [2.24, 2.45) is 5.73 Å². The number of carbonyl (C=O) groups is 1. The quantitative estimate of drug-likeness (QED) is 0.277. The van der Waals surface area contributed by atoms with E-state index in [1.54, 1.807) is 35.1 Å². The Morgan fingerprint density at radius 2 is 2.11 bits per heavy atom. The minimum absolute atomic E-state index is 0.258. The molecular weight excluding hydrogens is 526 g/mol. The number of benzene rings is 1. The zero-order chi connectivity index (χ0) is 24.9. The zero-order valence-electron chi connectivity index (χ0n) is 18.2. The molecule has 1 saturated heterocycles. The lowest BCUT2D eigenvalue weighted by molar-refractivity contribution is -0.121. The van der Waals surface area contributed by atoms with Gasteiger partial charge in [-0.1, -0.05) is 33.3 Å². The van der Waals surface area contributed by atoms with Gasteiger partial charge in [0.25, 0.3) is 5.56 Å². The molecule has 1 fully saturated rings. The molecule has 35 heavy (non-hydrogen) atoms. The third-order valence-electron chi connectivity index (χ3n) is 5.37. The second-order valence-corrected chi connectivity index (χ2v) is 8.21. The van der Waals surface area contributed by atoms with E-state index in [1.165, 1.54) is 21.8 Å². The summed E-state index contributed by atoms with van der Waals surface area (Å²) in [5.74, 6) is -0.591. The molecule has 4 rings (SSSR count). The van der Waals surface area contributed by atoms with Crippen molar-refractivity contribution in [1.82, 2.24) is 24.5 Å². The third-order valence-corrected chi connectivity index (χ3v) is 5.63. The minimum atomic E-state index is -0.720. The number of ether oxygens (including phenoxy) is 1. The number of anilines is 1. The second kappa shape index (κ2) is 10.8. The van der Waals surface area contributed by atoms with Crippen molar-refractivity contribution in [3.63, 3.8) is 0 Å². The van der Waals surface area contributed by atoms with Gasteiger partial charge >= 0.3 is 5.69 Å². The standard InChI is InChI=1S/C21H22BrN7O6/c22-6-5-13-8-28(21(33)24-20(13)32)19-7-16(17(10-30)35-19)29-9-15(25-27-29)12-1-3-14(4-2-12)26-34-11-18(23)31/h1-6,8-9,16-17,19,26,30H,7,10-11H2,(H2,23,31)(H,24,32,33)/b6-5+/t16?,17-,19-/m0/s1. The number of hydrogen-bond acceptors (Lipinski definition) is 9. The molecule has 1 unspecified atom stereocenters. The van der Waals surface area contributed by atoms with Crippen LogP contribution in [0.2, 0.25) is 0 Å². The summed E-state index contributed by atoms with van der Waals surface area (Å²) >= 11 is 3.12. The van der Waals surface area contributed by atoms with E-state index >= 15 is 0 Å². The molecule has 0 saturated carbocycles. The number of nitrogens with two attached hydrogens (primary N) is 1. The number of carbonyl (C=O) groups excluding carboxylic acids is 1. The molecule has 0 radical (unpaired) electrons. The zero-order valence-corrected chi connectivity index (χ0v) is 19.8. The number of halogens is 1. The van der Waals surface area contributed by atoms with E-state index < -0.39 is 35.5 Å². The number of nitrogens with zero attached hydrogens (tertiary/aromatic N) is 4. The molecular formula is C21H22BrN7O6. The molecule has 3 atom stereocenters. The number of aromatic amines is 1. The molecule has 14 heteroatoms. The average Bonchev–Trinajstić information content (AvgIpc) is 3.48. The highest BCUT2D eigenvalue weighted by atomic mass is 79.9. The number of nitrogens with one attached hydrogen (secondary N) is 2. The molecule has 0 bridgehead atoms. The highest BCUT2D eigenvalue weighted by Gasteiger charge is 2.38. The molecule has 0 spiro atoms. The van der Waals surface area contributed by atoms with Crippen molar-refractivity contribution in [1.29, 1.82) is 0 Å². The summed E-state index contributed by atoms with van der Waals surface area (Å²) < 4.78 is 8.79. The van der Waals surface area contributed by atoms with Gasteiger partial charge in [-0.3, -0.25) is 29.5 Å². The summed E-state index contributed by atoms with van der Waals surface area (Å²) in [6, 6.07) is 6.66. The number of rotatable bonds is 9. The first-order valence-corrected chi connectivity index (χ1v) is 11.4. The monoisotopic (exact) mass is 547 g/mol. The van der Waals surface area contributed by atoms with Gasteiger partial charge in [-0.05, 0) is 23.2 Å². The first-order chi connectivity index (χ1) is 16.9. The van der Waals surface area contributed by atoms with Crippen LogP contribution < -0.4 is 22.5 Å². The maximum absolute atomic E-state index is 12.4. The highest BCUT2D eigenvalue weighted by molar-refractivity contribution is 9.11.